The fraction of sp³-hybridized carbons (Fsp3) is 0.625. The van der Waals surface area contributed by atoms with E-state index in [1.807, 2.05) is 6.07 Å². The fourth-order valence-corrected chi connectivity index (χ4v) is 2.53. The zero-order valence-electron chi connectivity index (χ0n) is 13.7. The van der Waals surface area contributed by atoms with Crippen LogP contribution in [-0.2, 0) is 4.74 Å². The van der Waals surface area contributed by atoms with Crippen molar-refractivity contribution in [2.24, 2.45) is 0 Å². The molecule has 1 aliphatic heterocycles. The van der Waals surface area contributed by atoms with Gasteiger partial charge in [-0.05, 0) is 33.0 Å². The molecule has 1 atom stereocenters. The van der Waals surface area contributed by atoms with Crippen molar-refractivity contribution in [3.8, 4) is 0 Å². The summed E-state index contributed by atoms with van der Waals surface area (Å²) in [7, 11) is 2.16. The van der Waals surface area contributed by atoms with Crippen molar-refractivity contribution < 1.29 is 9.53 Å². The summed E-state index contributed by atoms with van der Waals surface area (Å²) in [5, 5.41) is 3.38. The third-order valence-corrected chi connectivity index (χ3v) is 3.80. The highest BCUT2D eigenvalue weighted by Crippen LogP contribution is 2.09. The lowest BCUT2D eigenvalue weighted by Gasteiger charge is -2.34. The molecule has 0 saturated carbocycles. The van der Waals surface area contributed by atoms with E-state index in [0.717, 1.165) is 38.5 Å². The van der Waals surface area contributed by atoms with Gasteiger partial charge in [0, 0.05) is 45.0 Å². The Kier molecular flexibility index (Phi) is 6.15. The highest BCUT2D eigenvalue weighted by Gasteiger charge is 2.16. The zero-order chi connectivity index (χ0) is 15.9. The van der Waals surface area contributed by atoms with E-state index in [1.54, 1.807) is 19.2 Å². The van der Waals surface area contributed by atoms with Crippen LogP contribution < -0.4 is 5.32 Å². The molecule has 0 spiro atoms. The number of anilines is 1. The third-order valence-electron chi connectivity index (χ3n) is 3.80. The third kappa shape index (κ3) is 4.96. The van der Waals surface area contributed by atoms with Gasteiger partial charge in [0.15, 0.2) is 0 Å². The van der Waals surface area contributed by atoms with Crippen molar-refractivity contribution in [1.82, 2.24) is 14.8 Å². The Morgan fingerprint density at radius 2 is 2.09 bits per heavy atom. The van der Waals surface area contributed by atoms with E-state index in [2.05, 4.69) is 34.1 Å². The Morgan fingerprint density at radius 1 is 1.36 bits per heavy atom. The maximum atomic E-state index is 11.6. The minimum atomic E-state index is -0.327. The molecule has 0 amide bonds. The summed E-state index contributed by atoms with van der Waals surface area (Å²) < 4.78 is 4.95. The molecule has 122 valence electrons. The molecule has 6 nitrogen and oxygen atoms in total. The molecule has 1 N–H and O–H groups in total. The molecule has 0 radical (unpaired) electrons. The maximum absolute atomic E-state index is 11.6. The van der Waals surface area contributed by atoms with Gasteiger partial charge in [-0.3, -0.25) is 4.90 Å². The van der Waals surface area contributed by atoms with Crippen LogP contribution in [0.2, 0.25) is 0 Å². The van der Waals surface area contributed by atoms with Gasteiger partial charge in [0.1, 0.15) is 5.82 Å². The van der Waals surface area contributed by atoms with Crippen molar-refractivity contribution in [3.63, 3.8) is 0 Å². The number of piperazine rings is 1. The Labute approximate surface area is 132 Å². The summed E-state index contributed by atoms with van der Waals surface area (Å²) in [6.07, 6.45) is 1.56. The van der Waals surface area contributed by atoms with Gasteiger partial charge in [-0.2, -0.15) is 0 Å². The Bertz CT molecular complexity index is 470. The monoisotopic (exact) mass is 306 g/mol. The smallest absolute Gasteiger partial charge is 0.339 e. The average Bonchev–Trinajstić information content (AvgIpc) is 2.50. The van der Waals surface area contributed by atoms with Gasteiger partial charge >= 0.3 is 5.97 Å². The van der Waals surface area contributed by atoms with Gasteiger partial charge < -0.3 is 15.0 Å². The summed E-state index contributed by atoms with van der Waals surface area (Å²) in [5.74, 6) is 0.460. The molecular weight excluding hydrogens is 280 g/mol. The lowest BCUT2D eigenvalue weighted by Crippen LogP contribution is -2.47. The van der Waals surface area contributed by atoms with Crippen LogP contribution in [0.15, 0.2) is 18.3 Å². The lowest BCUT2D eigenvalue weighted by molar-refractivity contribution is 0.0526. The summed E-state index contributed by atoms with van der Waals surface area (Å²) in [6.45, 7) is 9.78. The van der Waals surface area contributed by atoms with Crippen LogP contribution >= 0.6 is 0 Å². The van der Waals surface area contributed by atoms with E-state index >= 15 is 0 Å². The first kappa shape index (κ1) is 16.7. The quantitative estimate of drug-likeness (QED) is 0.800. The first-order valence-corrected chi connectivity index (χ1v) is 7.89. The molecule has 22 heavy (non-hydrogen) atoms. The summed E-state index contributed by atoms with van der Waals surface area (Å²) in [6, 6.07) is 3.88. The van der Waals surface area contributed by atoms with Crippen molar-refractivity contribution in [2.45, 2.75) is 19.9 Å². The van der Waals surface area contributed by atoms with Crippen LogP contribution in [0.1, 0.15) is 24.2 Å². The number of hydrogen-bond donors (Lipinski definition) is 1. The molecule has 2 heterocycles. The summed E-state index contributed by atoms with van der Waals surface area (Å²) in [5.41, 5.74) is 0.485. The Balaban J connectivity index is 1.81. The number of hydrogen-bond acceptors (Lipinski definition) is 6. The molecule has 1 aliphatic rings. The first-order chi connectivity index (χ1) is 10.6. The van der Waals surface area contributed by atoms with Crippen LogP contribution in [-0.4, -0.2) is 73.2 Å². The first-order valence-electron chi connectivity index (χ1n) is 7.89. The zero-order valence-corrected chi connectivity index (χ0v) is 13.7. The molecule has 6 heteroatoms. The number of carbonyl (C=O) groups is 1. The summed E-state index contributed by atoms with van der Waals surface area (Å²) >= 11 is 0. The standard InChI is InChI=1S/C16H26N4O2/c1-4-22-16(21)14-5-6-15(17-11-14)18-13(2)12-20-9-7-19(3)8-10-20/h5-6,11,13H,4,7-10,12H2,1-3H3,(H,17,18). The second-order valence-electron chi connectivity index (χ2n) is 5.80. The lowest BCUT2D eigenvalue weighted by atomic mass is 10.2. The molecule has 1 aromatic rings. The van der Waals surface area contributed by atoms with Gasteiger partial charge in [0.05, 0.1) is 12.2 Å². The van der Waals surface area contributed by atoms with Crippen molar-refractivity contribution >= 4 is 11.8 Å². The minimum Gasteiger partial charge on any atom is -0.462 e. The number of aromatic nitrogens is 1. The van der Waals surface area contributed by atoms with Gasteiger partial charge in [-0.1, -0.05) is 0 Å². The minimum absolute atomic E-state index is 0.310. The Hall–Kier alpha value is -1.66. The van der Waals surface area contributed by atoms with Crippen molar-refractivity contribution in [2.75, 3.05) is 51.7 Å². The van der Waals surface area contributed by atoms with Crippen LogP contribution in [0, 0.1) is 0 Å². The predicted molar refractivity (Wildman–Crippen MR) is 87.2 cm³/mol. The van der Waals surface area contributed by atoms with E-state index in [9.17, 15) is 4.79 Å². The highest BCUT2D eigenvalue weighted by molar-refractivity contribution is 5.89. The number of esters is 1. The number of rotatable bonds is 6. The van der Waals surface area contributed by atoms with Crippen LogP contribution in [0.5, 0.6) is 0 Å². The average molecular weight is 306 g/mol. The number of pyridine rings is 1. The van der Waals surface area contributed by atoms with E-state index < -0.39 is 0 Å². The van der Waals surface area contributed by atoms with E-state index in [-0.39, 0.29) is 5.97 Å². The number of nitrogens with zero attached hydrogens (tertiary/aromatic N) is 3. The molecule has 0 bridgehead atoms. The maximum Gasteiger partial charge on any atom is 0.339 e. The topological polar surface area (TPSA) is 57.7 Å². The number of nitrogens with one attached hydrogen (secondary N) is 1. The summed E-state index contributed by atoms with van der Waals surface area (Å²) in [4.78, 5) is 20.7. The van der Waals surface area contributed by atoms with Crippen LogP contribution in [0.4, 0.5) is 5.82 Å². The molecule has 2 rings (SSSR count). The molecule has 1 saturated heterocycles. The second-order valence-corrected chi connectivity index (χ2v) is 5.80. The van der Waals surface area contributed by atoms with Gasteiger partial charge in [0.2, 0.25) is 0 Å². The number of ether oxygens (including phenoxy) is 1. The number of carbonyl (C=O) groups excluding carboxylic acids is 1. The van der Waals surface area contributed by atoms with Gasteiger partial charge in [-0.15, -0.1) is 0 Å². The van der Waals surface area contributed by atoms with E-state index in [4.69, 9.17) is 4.74 Å². The molecule has 1 unspecified atom stereocenters. The molecular formula is C16H26N4O2. The van der Waals surface area contributed by atoms with Crippen molar-refractivity contribution in [1.29, 1.82) is 0 Å². The Morgan fingerprint density at radius 3 is 2.68 bits per heavy atom. The second kappa shape index (κ2) is 8.10. The fourth-order valence-electron chi connectivity index (χ4n) is 2.53. The molecule has 1 fully saturated rings. The van der Waals surface area contributed by atoms with Gasteiger partial charge in [0.25, 0.3) is 0 Å². The number of likely N-dealkylation sites (N-methyl/N-ethyl adjacent to an activating group) is 1. The van der Waals surface area contributed by atoms with Crippen LogP contribution in [0.3, 0.4) is 0 Å². The normalized spacial score (nSPS) is 18.0. The van der Waals surface area contributed by atoms with E-state index in [1.165, 1.54) is 0 Å². The molecule has 1 aromatic heterocycles. The predicted octanol–water partition coefficient (Wildman–Crippen LogP) is 1.31. The molecule has 0 aromatic carbocycles. The van der Waals surface area contributed by atoms with Crippen LogP contribution in [0.25, 0.3) is 0 Å². The largest absolute Gasteiger partial charge is 0.462 e. The SMILES string of the molecule is CCOC(=O)c1ccc(NC(C)CN2CCN(C)CC2)nc1. The van der Waals surface area contributed by atoms with Crippen molar-refractivity contribution in [3.05, 3.63) is 23.9 Å². The molecule has 0 aliphatic carbocycles. The van der Waals surface area contributed by atoms with Gasteiger partial charge in [-0.25, -0.2) is 9.78 Å². The van der Waals surface area contributed by atoms with E-state index in [0.29, 0.717) is 18.2 Å². The highest BCUT2D eigenvalue weighted by atomic mass is 16.5.